The fourth-order valence-electron chi connectivity index (χ4n) is 13.2. The lowest BCUT2D eigenvalue weighted by Crippen LogP contribution is -2.65. The molecule has 2 amide bonds. The third kappa shape index (κ3) is 27.3. The van der Waals surface area contributed by atoms with Gasteiger partial charge in [-0.1, -0.05) is 98.9 Å². The number of rotatable bonds is 16. The summed E-state index contributed by atoms with van der Waals surface area (Å²) >= 11 is 0. The van der Waals surface area contributed by atoms with Gasteiger partial charge in [-0.2, -0.15) is 0 Å². The maximum atomic E-state index is 14.6. The second-order valence-electron chi connectivity index (χ2n) is 27.1. The highest BCUT2D eigenvalue weighted by atomic mass is 16.7. The molecule has 2 bridgehead atoms. The van der Waals surface area contributed by atoms with Gasteiger partial charge in [0, 0.05) is 122 Å². The molecule has 6 rings (SSSR count). The summed E-state index contributed by atoms with van der Waals surface area (Å²) in [7, 11) is 3.69. The minimum absolute atomic E-state index is 0.0158. The standard InChI is InChI=1S/C72H110N6O20/c1-47-18-16-14-12-10-8-6-7-9-11-13-15-17-19-59(96-71-68(92)66(67(91)49(3)95-71)74-63(89)46-77-30-28-76(29-31-77)34-35-79)43-62-65(70(93)78-32-26-75(5)27-33-78)61(88)45-72(94,98-62)44-58(86)40-56(84)38-54(82)36-53(81)37-55(83)39-57(85)42-64(90)97-69(47)48(2)20-25-52(80)41-60(87)50-21-23-51(73-4)24-22-50/h6-19,21-24,47-49,52-54,56-59,61-62,65-69,71,73,79-82,84-86,88,91-92,94H,20,25-46H2,1-5H3,(H,74,89)/b7-6-,10-8-,11-9+,14-12+,15-13+,18-16+,19-17+/t47?,48?,49-,52?,53?,54?,56?,57?,58?,59?,61?,62?,65?,66+,67-,68+,69?,71+,72?/m1/s1. The third-order valence-electron chi connectivity index (χ3n) is 18.7. The Bertz CT molecular complexity index is 2840. The van der Waals surface area contributed by atoms with E-state index >= 15 is 0 Å². The Labute approximate surface area is 576 Å². The second-order valence-corrected chi connectivity index (χ2v) is 27.1. The molecule has 5 aliphatic rings. The molecule has 14 unspecified atom stereocenters. The number of fused-ring (bicyclic) bond motifs is 2. The van der Waals surface area contributed by atoms with E-state index in [-0.39, 0.29) is 50.0 Å². The van der Waals surface area contributed by atoms with Gasteiger partial charge < -0.3 is 95.6 Å². The predicted molar refractivity (Wildman–Crippen MR) is 365 cm³/mol. The molecule has 0 radical (unpaired) electrons. The van der Waals surface area contributed by atoms with E-state index in [2.05, 4.69) is 15.5 Å². The van der Waals surface area contributed by atoms with Crippen LogP contribution < -0.4 is 10.6 Å². The monoisotopic (exact) mass is 1380 g/mol. The molecule has 5 aliphatic heterocycles. The molecule has 548 valence electrons. The summed E-state index contributed by atoms with van der Waals surface area (Å²) in [5, 5.41) is 129. The number of aliphatic hydroxyl groups excluding tert-OH is 10. The van der Waals surface area contributed by atoms with Crippen LogP contribution in [0.4, 0.5) is 5.69 Å². The highest BCUT2D eigenvalue weighted by Crippen LogP contribution is 2.39. The van der Waals surface area contributed by atoms with E-state index in [4.69, 9.17) is 18.9 Å². The van der Waals surface area contributed by atoms with E-state index in [1.165, 1.54) is 0 Å². The van der Waals surface area contributed by atoms with Gasteiger partial charge in [-0.15, -0.1) is 0 Å². The first-order valence-electron chi connectivity index (χ1n) is 34.6. The Kier molecular flexibility index (Phi) is 34.2. The van der Waals surface area contributed by atoms with Crippen molar-refractivity contribution in [2.75, 3.05) is 91.5 Å². The number of carbonyl (C=O) groups excluding carboxylic acids is 5. The van der Waals surface area contributed by atoms with Crippen molar-refractivity contribution >= 4 is 35.0 Å². The summed E-state index contributed by atoms with van der Waals surface area (Å²) in [5.74, 6) is -6.89. The number of likely N-dealkylation sites (N-methyl/N-ethyl adjacent to an activating group) is 1. The molecular weight excluding hydrogens is 1270 g/mol. The van der Waals surface area contributed by atoms with Gasteiger partial charge in [-0.25, -0.2) is 0 Å². The van der Waals surface area contributed by atoms with E-state index in [1.807, 2.05) is 36.8 Å². The fraction of sp³-hybridized carbons (Fsp3) is 0.653. The maximum Gasteiger partial charge on any atom is 0.308 e. The van der Waals surface area contributed by atoms with E-state index in [0.717, 1.165) is 5.69 Å². The lowest BCUT2D eigenvalue weighted by Gasteiger charge is -2.47. The number of nitrogens with one attached hydrogen (secondary N) is 2. The number of β-amino-alcohol motifs (C(OH)–C–C–N with tert-alkyl or cyclic N) is 1. The lowest BCUT2D eigenvalue weighted by molar-refractivity contribution is -0.308. The van der Waals surface area contributed by atoms with Gasteiger partial charge in [-0.05, 0) is 76.3 Å². The molecule has 1 aromatic rings. The van der Waals surface area contributed by atoms with Crippen molar-refractivity contribution in [1.29, 1.82) is 0 Å². The van der Waals surface area contributed by atoms with E-state index in [0.29, 0.717) is 70.9 Å². The second kappa shape index (κ2) is 41.3. The number of ether oxygens (including phenoxy) is 4. The summed E-state index contributed by atoms with van der Waals surface area (Å²) < 4.78 is 25.0. The topological polar surface area (TPSA) is 382 Å². The molecule has 0 spiro atoms. The van der Waals surface area contributed by atoms with Crippen molar-refractivity contribution in [3.63, 3.8) is 0 Å². The zero-order valence-electron chi connectivity index (χ0n) is 57.4. The lowest BCUT2D eigenvalue weighted by atomic mass is 9.81. The van der Waals surface area contributed by atoms with Crippen LogP contribution in [-0.4, -0.2) is 289 Å². The minimum Gasteiger partial charge on any atom is -0.461 e. The first-order chi connectivity index (χ1) is 46.7. The number of cyclic esters (lactones) is 1. The highest BCUT2D eigenvalue weighted by molar-refractivity contribution is 5.96. The molecule has 4 fully saturated rings. The molecule has 0 aliphatic carbocycles. The van der Waals surface area contributed by atoms with Crippen molar-refractivity contribution in [1.82, 2.24) is 24.9 Å². The van der Waals surface area contributed by atoms with Crippen LogP contribution in [0.25, 0.3) is 0 Å². The summed E-state index contributed by atoms with van der Waals surface area (Å²) in [5.41, 5.74) is 1.30. The Morgan fingerprint density at radius 3 is 1.87 bits per heavy atom. The molecule has 5 heterocycles. The number of hydrogen-bond acceptors (Lipinski definition) is 24. The smallest absolute Gasteiger partial charge is 0.308 e. The molecule has 0 aromatic heterocycles. The maximum absolute atomic E-state index is 14.6. The number of benzene rings is 1. The number of aliphatic hydroxyl groups is 11. The van der Waals surface area contributed by atoms with Crippen LogP contribution in [0, 0.1) is 17.8 Å². The van der Waals surface area contributed by atoms with Gasteiger partial charge in [0.2, 0.25) is 11.8 Å². The number of Topliss-reactive ketones (excluding diaryl/α,β-unsaturated/α-hetero) is 2. The fourth-order valence-corrected chi connectivity index (χ4v) is 13.2. The number of anilines is 1. The van der Waals surface area contributed by atoms with Crippen molar-refractivity contribution in [2.24, 2.45) is 17.8 Å². The summed E-state index contributed by atoms with van der Waals surface area (Å²) in [6.07, 6.45) is 2.29. The molecule has 13 N–H and O–H groups in total. The molecule has 0 saturated carbocycles. The summed E-state index contributed by atoms with van der Waals surface area (Å²) in [6.45, 7) is 9.92. The Morgan fingerprint density at radius 1 is 0.684 bits per heavy atom. The van der Waals surface area contributed by atoms with Crippen molar-refractivity contribution in [3.8, 4) is 0 Å². The van der Waals surface area contributed by atoms with E-state index in [9.17, 15) is 80.1 Å². The third-order valence-corrected chi connectivity index (χ3v) is 18.7. The first-order valence-corrected chi connectivity index (χ1v) is 34.6. The van der Waals surface area contributed by atoms with Crippen LogP contribution >= 0.6 is 0 Å². The SMILES string of the molecule is CNc1ccc(C(=O)CC(O)CCC(C)C2OC(=O)CC(O)CC(=O)CC(O)CC(O)CC(O)CC(O)CC3(O)CC(O)C(C(=O)N4CCN(C)CC4)C(CC(O[C@@H]4O[C@H](C)[C@@H](O)[C@H](NC(=O)CN5CCN(CCO)CC5)[C@@H]4O)/C=C/C=C/C=C/C=C\C=C/C=C/C=C/C2C)O3)cc1. The Morgan fingerprint density at radius 2 is 1.26 bits per heavy atom. The van der Waals surface area contributed by atoms with Gasteiger partial charge in [-0.3, -0.25) is 33.8 Å². The minimum atomic E-state index is -2.32. The zero-order chi connectivity index (χ0) is 71.5. The van der Waals surface area contributed by atoms with Crippen LogP contribution in [0.2, 0.25) is 0 Å². The number of nitrogens with zero attached hydrogens (tertiary/aromatic N) is 4. The average Bonchev–Trinajstić information content (AvgIpc) is 0.777. The normalized spacial score (nSPS) is 35.7. The highest BCUT2D eigenvalue weighted by Gasteiger charge is 2.52. The van der Waals surface area contributed by atoms with Crippen molar-refractivity contribution in [2.45, 2.75) is 195 Å². The molecule has 98 heavy (non-hydrogen) atoms. The predicted octanol–water partition coefficient (Wildman–Crippen LogP) is 1.20. The number of allylic oxidation sites excluding steroid dienone is 12. The number of ketones is 2. The van der Waals surface area contributed by atoms with Crippen LogP contribution in [0.5, 0.6) is 0 Å². The molecule has 26 heteroatoms. The Balaban J connectivity index is 1.22. The van der Waals surface area contributed by atoms with Crippen LogP contribution in [0.15, 0.2) is 109 Å². The molecule has 26 nitrogen and oxygen atoms in total. The molecular formula is C72H110N6O20. The number of hydrogen-bond donors (Lipinski definition) is 13. The molecule has 1 aromatic carbocycles. The van der Waals surface area contributed by atoms with Crippen LogP contribution in [0.1, 0.15) is 108 Å². The van der Waals surface area contributed by atoms with Crippen LogP contribution in [-0.2, 0) is 38.1 Å². The van der Waals surface area contributed by atoms with Gasteiger partial charge in [0.05, 0.1) is 92.6 Å². The zero-order valence-corrected chi connectivity index (χ0v) is 57.4. The largest absolute Gasteiger partial charge is 0.461 e. The number of piperazine rings is 2. The number of amides is 2. The van der Waals surface area contributed by atoms with Gasteiger partial charge in [0.15, 0.2) is 17.9 Å². The average molecular weight is 1380 g/mol. The number of esters is 1. The summed E-state index contributed by atoms with van der Waals surface area (Å²) in [4.78, 5) is 75.4. The molecule has 19 atom stereocenters. The van der Waals surface area contributed by atoms with Gasteiger partial charge >= 0.3 is 5.97 Å². The number of carbonyl (C=O) groups is 5. The van der Waals surface area contributed by atoms with Crippen molar-refractivity contribution in [3.05, 3.63) is 115 Å². The molecule has 4 saturated heterocycles. The van der Waals surface area contributed by atoms with Gasteiger partial charge in [0.1, 0.15) is 24.1 Å². The Hall–Kier alpha value is -5.73. The van der Waals surface area contributed by atoms with Gasteiger partial charge in [0.25, 0.3) is 0 Å². The van der Waals surface area contributed by atoms with Crippen LogP contribution in [0.3, 0.4) is 0 Å². The summed E-state index contributed by atoms with van der Waals surface area (Å²) in [6, 6.07) is 5.66. The van der Waals surface area contributed by atoms with Crippen molar-refractivity contribution < 1.29 is 99.1 Å². The van der Waals surface area contributed by atoms with E-state index in [1.54, 1.807) is 122 Å². The van der Waals surface area contributed by atoms with E-state index < -0.39 is 178 Å². The first kappa shape index (κ1) is 81.2. The quantitative estimate of drug-likeness (QED) is 0.0817.